The fraction of sp³-hybridized carbons (Fsp3) is 0.176. The standard InChI is InChI=1S/C17H16N2O2/c1-12-3-8-16(20)15(9-12)17(21)19(2)11-14-6-4-13(10-18)5-7-14/h3-9,20H,11H2,1-2H3. The van der Waals surface area contributed by atoms with Crippen molar-refractivity contribution in [3.05, 3.63) is 64.7 Å². The van der Waals surface area contributed by atoms with Gasteiger partial charge >= 0.3 is 0 Å². The van der Waals surface area contributed by atoms with Gasteiger partial charge in [-0.15, -0.1) is 0 Å². The molecule has 0 fully saturated rings. The molecule has 2 rings (SSSR count). The first-order chi connectivity index (χ1) is 10.0. The van der Waals surface area contributed by atoms with E-state index in [1.54, 1.807) is 31.3 Å². The predicted molar refractivity (Wildman–Crippen MR) is 79.8 cm³/mol. The van der Waals surface area contributed by atoms with E-state index in [-0.39, 0.29) is 11.7 Å². The number of benzene rings is 2. The molecule has 0 unspecified atom stereocenters. The number of aromatic hydroxyl groups is 1. The van der Waals surface area contributed by atoms with Crippen LogP contribution in [0.2, 0.25) is 0 Å². The van der Waals surface area contributed by atoms with Gasteiger partial charge in [-0.1, -0.05) is 23.8 Å². The molecule has 0 aliphatic carbocycles. The molecule has 2 aromatic rings. The second-order valence-corrected chi connectivity index (χ2v) is 4.99. The largest absolute Gasteiger partial charge is 0.507 e. The van der Waals surface area contributed by atoms with E-state index in [0.717, 1.165) is 11.1 Å². The highest BCUT2D eigenvalue weighted by molar-refractivity contribution is 5.96. The van der Waals surface area contributed by atoms with Crippen molar-refractivity contribution in [1.82, 2.24) is 4.90 Å². The number of hydrogen-bond donors (Lipinski definition) is 1. The molecule has 21 heavy (non-hydrogen) atoms. The fourth-order valence-electron chi connectivity index (χ4n) is 2.06. The maximum atomic E-state index is 12.4. The number of hydrogen-bond acceptors (Lipinski definition) is 3. The molecule has 0 spiro atoms. The molecule has 0 radical (unpaired) electrons. The first-order valence-electron chi connectivity index (χ1n) is 6.55. The minimum Gasteiger partial charge on any atom is -0.507 e. The Balaban J connectivity index is 2.15. The molecular weight excluding hydrogens is 264 g/mol. The van der Waals surface area contributed by atoms with Crippen LogP contribution in [0.3, 0.4) is 0 Å². The number of phenolic OH excluding ortho intramolecular Hbond substituents is 1. The van der Waals surface area contributed by atoms with Gasteiger partial charge in [0.25, 0.3) is 5.91 Å². The van der Waals surface area contributed by atoms with Crippen LogP contribution >= 0.6 is 0 Å². The Hall–Kier alpha value is -2.80. The Labute approximate surface area is 123 Å². The van der Waals surface area contributed by atoms with Gasteiger partial charge in [-0.2, -0.15) is 5.26 Å². The molecule has 1 N–H and O–H groups in total. The topological polar surface area (TPSA) is 64.3 Å². The van der Waals surface area contributed by atoms with Crippen LogP contribution in [-0.2, 0) is 6.54 Å². The van der Waals surface area contributed by atoms with Crippen molar-refractivity contribution >= 4 is 5.91 Å². The number of carbonyl (C=O) groups is 1. The van der Waals surface area contributed by atoms with Crippen molar-refractivity contribution in [2.24, 2.45) is 0 Å². The second kappa shape index (κ2) is 6.10. The van der Waals surface area contributed by atoms with E-state index >= 15 is 0 Å². The first kappa shape index (κ1) is 14.6. The molecule has 2 aromatic carbocycles. The Morgan fingerprint density at radius 1 is 1.24 bits per heavy atom. The van der Waals surface area contributed by atoms with E-state index in [1.807, 2.05) is 19.1 Å². The zero-order valence-electron chi connectivity index (χ0n) is 12.0. The monoisotopic (exact) mass is 280 g/mol. The summed E-state index contributed by atoms with van der Waals surface area (Å²) < 4.78 is 0. The lowest BCUT2D eigenvalue weighted by Crippen LogP contribution is -2.26. The van der Waals surface area contributed by atoms with Crippen molar-refractivity contribution in [2.75, 3.05) is 7.05 Å². The van der Waals surface area contributed by atoms with Crippen molar-refractivity contribution in [3.63, 3.8) is 0 Å². The van der Waals surface area contributed by atoms with Crippen molar-refractivity contribution in [3.8, 4) is 11.8 Å². The third-order valence-corrected chi connectivity index (χ3v) is 3.23. The Kier molecular flexibility index (Phi) is 4.24. The zero-order valence-corrected chi connectivity index (χ0v) is 12.0. The van der Waals surface area contributed by atoms with E-state index < -0.39 is 0 Å². The number of amides is 1. The molecule has 4 heteroatoms. The van der Waals surface area contributed by atoms with Crippen molar-refractivity contribution in [1.29, 1.82) is 5.26 Å². The van der Waals surface area contributed by atoms with Gasteiger partial charge in [0, 0.05) is 13.6 Å². The summed E-state index contributed by atoms with van der Waals surface area (Å²) in [6.45, 7) is 2.29. The van der Waals surface area contributed by atoms with Crippen molar-refractivity contribution in [2.45, 2.75) is 13.5 Å². The summed E-state index contributed by atoms with van der Waals surface area (Å²) in [4.78, 5) is 13.9. The lowest BCUT2D eigenvalue weighted by molar-refractivity contribution is 0.0782. The van der Waals surface area contributed by atoms with E-state index in [9.17, 15) is 9.90 Å². The molecule has 4 nitrogen and oxygen atoms in total. The van der Waals surface area contributed by atoms with Crippen LogP contribution in [0.25, 0.3) is 0 Å². The first-order valence-corrected chi connectivity index (χ1v) is 6.55. The number of rotatable bonds is 3. The molecule has 0 aliphatic heterocycles. The zero-order chi connectivity index (χ0) is 15.4. The van der Waals surface area contributed by atoms with Gasteiger partial charge in [0.1, 0.15) is 5.75 Å². The van der Waals surface area contributed by atoms with Gasteiger partial charge in [-0.3, -0.25) is 4.79 Å². The van der Waals surface area contributed by atoms with Crippen LogP contribution in [-0.4, -0.2) is 23.0 Å². The number of phenols is 1. The summed E-state index contributed by atoms with van der Waals surface area (Å²) in [7, 11) is 1.68. The SMILES string of the molecule is Cc1ccc(O)c(C(=O)N(C)Cc2ccc(C#N)cc2)c1. The lowest BCUT2D eigenvalue weighted by atomic mass is 10.1. The third-order valence-electron chi connectivity index (χ3n) is 3.23. The average molecular weight is 280 g/mol. The van der Waals surface area contributed by atoms with Gasteiger partial charge in [-0.25, -0.2) is 0 Å². The Morgan fingerprint density at radius 3 is 2.52 bits per heavy atom. The molecule has 0 heterocycles. The van der Waals surface area contributed by atoms with Crippen LogP contribution in [0, 0.1) is 18.3 Å². The summed E-state index contributed by atoms with van der Waals surface area (Å²) >= 11 is 0. The third kappa shape index (κ3) is 3.40. The van der Waals surface area contributed by atoms with Crippen LogP contribution < -0.4 is 0 Å². The Bertz CT molecular complexity index is 700. The molecule has 0 aliphatic rings. The molecular formula is C17H16N2O2. The van der Waals surface area contributed by atoms with Gasteiger partial charge in [0.15, 0.2) is 0 Å². The minimum absolute atomic E-state index is 0.0164. The predicted octanol–water partition coefficient (Wildman–Crippen LogP) is 2.84. The van der Waals surface area contributed by atoms with Gasteiger partial charge in [0.2, 0.25) is 0 Å². The minimum atomic E-state index is -0.236. The summed E-state index contributed by atoms with van der Waals surface area (Å²) in [5.74, 6) is -0.252. The highest BCUT2D eigenvalue weighted by Gasteiger charge is 2.16. The maximum Gasteiger partial charge on any atom is 0.257 e. The second-order valence-electron chi connectivity index (χ2n) is 4.99. The highest BCUT2D eigenvalue weighted by atomic mass is 16.3. The van der Waals surface area contributed by atoms with Crippen LogP contribution in [0.15, 0.2) is 42.5 Å². The molecule has 0 saturated carbocycles. The summed E-state index contributed by atoms with van der Waals surface area (Å²) in [6, 6.07) is 14.1. The van der Waals surface area contributed by atoms with E-state index in [0.29, 0.717) is 17.7 Å². The number of nitrogens with zero attached hydrogens (tertiary/aromatic N) is 2. The van der Waals surface area contributed by atoms with E-state index in [1.165, 1.54) is 11.0 Å². The number of aryl methyl sites for hydroxylation is 1. The highest BCUT2D eigenvalue weighted by Crippen LogP contribution is 2.20. The van der Waals surface area contributed by atoms with Crippen LogP contribution in [0.1, 0.15) is 27.0 Å². The molecule has 0 atom stereocenters. The molecule has 1 amide bonds. The number of nitriles is 1. The Morgan fingerprint density at radius 2 is 1.90 bits per heavy atom. The normalized spacial score (nSPS) is 9.95. The maximum absolute atomic E-state index is 12.4. The quantitative estimate of drug-likeness (QED) is 0.940. The average Bonchev–Trinajstić information content (AvgIpc) is 2.49. The molecule has 0 aromatic heterocycles. The van der Waals surface area contributed by atoms with Gasteiger partial charge < -0.3 is 10.0 Å². The molecule has 0 bridgehead atoms. The molecule has 106 valence electrons. The molecule has 0 saturated heterocycles. The smallest absolute Gasteiger partial charge is 0.257 e. The van der Waals surface area contributed by atoms with Crippen molar-refractivity contribution < 1.29 is 9.90 Å². The summed E-state index contributed by atoms with van der Waals surface area (Å²) in [5, 5.41) is 18.6. The van der Waals surface area contributed by atoms with E-state index in [2.05, 4.69) is 6.07 Å². The summed E-state index contributed by atoms with van der Waals surface area (Å²) in [5.41, 5.74) is 2.73. The van der Waals surface area contributed by atoms with Gasteiger partial charge in [0.05, 0.1) is 17.2 Å². The lowest BCUT2D eigenvalue weighted by Gasteiger charge is -2.18. The fourth-order valence-corrected chi connectivity index (χ4v) is 2.06. The van der Waals surface area contributed by atoms with Crippen LogP contribution in [0.5, 0.6) is 5.75 Å². The van der Waals surface area contributed by atoms with E-state index in [4.69, 9.17) is 5.26 Å². The summed E-state index contributed by atoms with van der Waals surface area (Å²) in [6.07, 6.45) is 0. The number of carbonyl (C=O) groups excluding carboxylic acids is 1. The van der Waals surface area contributed by atoms with Crippen LogP contribution in [0.4, 0.5) is 0 Å². The van der Waals surface area contributed by atoms with Gasteiger partial charge in [-0.05, 0) is 36.8 Å².